The molecule has 0 bridgehead atoms. The number of esters is 8. The van der Waals surface area contributed by atoms with Crippen LogP contribution >= 0.6 is 0 Å². The molecule has 9 atom stereocenters. The van der Waals surface area contributed by atoms with Gasteiger partial charge in [0.25, 0.3) is 0 Å². The molecule has 2 aliphatic heterocycles. The van der Waals surface area contributed by atoms with Crippen molar-refractivity contribution in [3.05, 3.63) is 0 Å². The minimum Gasteiger partial charge on any atom is -0.463 e. The van der Waals surface area contributed by atoms with E-state index in [4.69, 9.17) is 42.6 Å². The summed E-state index contributed by atoms with van der Waals surface area (Å²) in [6.45, 7) is 6.40. The summed E-state index contributed by atoms with van der Waals surface area (Å²) in [5.41, 5.74) is 0. The molecule has 2 heterocycles. The normalized spacial score (nSPS) is 29.6. The maximum absolute atomic E-state index is 12.9. The predicted molar refractivity (Wildman–Crippen MR) is 138 cm³/mol. The lowest BCUT2D eigenvalue weighted by Gasteiger charge is -2.47. The zero-order chi connectivity index (χ0) is 33.3. The van der Waals surface area contributed by atoms with E-state index in [0.29, 0.717) is 0 Å². The van der Waals surface area contributed by atoms with Gasteiger partial charge in [-0.1, -0.05) is 0 Å². The summed E-state index contributed by atoms with van der Waals surface area (Å²) in [5, 5.41) is 0. The first-order chi connectivity index (χ1) is 20.5. The molecule has 2 fully saturated rings. The average Bonchev–Trinajstić information content (AvgIpc) is 2.87. The molecule has 17 heteroatoms. The number of carbonyl (C=O) groups excluding carboxylic acids is 8. The fourth-order valence-corrected chi connectivity index (χ4v) is 4.93. The molecule has 44 heavy (non-hydrogen) atoms. The van der Waals surface area contributed by atoms with Crippen LogP contribution in [-0.2, 0) is 81.0 Å². The second kappa shape index (κ2) is 16.0. The van der Waals surface area contributed by atoms with E-state index in [0.717, 1.165) is 48.5 Å². The van der Waals surface area contributed by atoms with Crippen LogP contribution in [0.5, 0.6) is 0 Å². The van der Waals surface area contributed by atoms with Gasteiger partial charge in [0.15, 0.2) is 24.4 Å². The van der Waals surface area contributed by atoms with Gasteiger partial charge >= 0.3 is 47.8 Å². The summed E-state index contributed by atoms with van der Waals surface area (Å²) in [7, 11) is 0. The lowest BCUT2D eigenvalue weighted by atomic mass is 9.81. The number of hydrogen-bond donors (Lipinski definition) is 0. The third-order valence-electron chi connectivity index (χ3n) is 6.34. The first kappa shape index (κ1) is 35.9. The van der Waals surface area contributed by atoms with Crippen molar-refractivity contribution in [2.45, 2.75) is 104 Å². The van der Waals surface area contributed by atoms with Crippen LogP contribution in [0.25, 0.3) is 0 Å². The molecule has 0 spiro atoms. The molecule has 0 radical (unpaired) electrons. The molecule has 2 saturated heterocycles. The van der Waals surface area contributed by atoms with Crippen molar-refractivity contribution in [1.82, 2.24) is 0 Å². The summed E-state index contributed by atoms with van der Waals surface area (Å²) in [6.07, 6.45) is -12.0. The van der Waals surface area contributed by atoms with Crippen LogP contribution < -0.4 is 0 Å². The van der Waals surface area contributed by atoms with E-state index in [-0.39, 0.29) is 6.42 Å². The first-order valence-electron chi connectivity index (χ1n) is 13.5. The van der Waals surface area contributed by atoms with Gasteiger partial charge in [0.1, 0.15) is 25.4 Å². The third-order valence-corrected chi connectivity index (χ3v) is 6.34. The molecule has 0 unspecified atom stereocenters. The van der Waals surface area contributed by atoms with E-state index in [1.54, 1.807) is 0 Å². The van der Waals surface area contributed by atoms with Crippen molar-refractivity contribution < 1.29 is 81.0 Å². The molecule has 0 aromatic carbocycles. The van der Waals surface area contributed by atoms with Gasteiger partial charge in [-0.2, -0.15) is 0 Å². The van der Waals surface area contributed by atoms with Crippen LogP contribution in [0.15, 0.2) is 0 Å². The average molecular weight is 633 g/mol. The highest BCUT2D eigenvalue weighted by atomic mass is 16.7. The number of ether oxygens (including phenoxy) is 9. The third kappa shape index (κ3) is 10.5. The van der Waals surface area contributed by atoms with Crippen molar-refractivity contribution in [1.29, 1.82) is 0 Å². The Kier molecular flexibility index (Phi) is 13.0. The van der Waals surface area contributed by atoms with Crippen molar-refractivity contribution in [3.63, 3.8) is 0 Å². The Morgan fingerprint density at radius 2 is 0.932 bits per heavy atom. The summed E-state index contributed by atoms with van der Waals surface area (Å²) in [4.78, 5) is 96.5. The molecule has 2 aliphatic rings. The largest absolute Gasteiger partial charge is 0.463 e. The zero-order valence-corrected chi connectivity index (χ0v) is 25.3. The van der Waals surface area contributed by atoms with Crippen molar-refractivity contribution >= 4 is 47.8 Å². The van der Waals surface area contributed by atoms with E-state index in [1.807, 2.05) is 0 Å². The topological polar surface area (TPSA) is 220 Å². The minimum atomic E-state index is -1.75. The summed E-state index contributed by atoms with van der Waals surface area (Å²) < 4.78 is 48.5. The van der Waals surface area contributed by atoms with Crippen LogP contribution in [0.1, 0.15) is 54.9 Å². The highest BCUT2D eigenvalue weighted by Crippen LogP contribution is 2.37. The predicted octanol–water partition coefficient (Wildman–Crippen LogP) is -0.530. The molecule has 0 saturated carbocycles. The van der Waals surface area contributed by atoms with Gasteiger partial charge in [-0.25, -0.2) is 4.79 Å². The van der Waals surface area contributed by atoms with Crippen LogP contribution in [0.2, 0.25) is 0 Å². The van der Waals surface area contributed by atoms with Gasteiger partial charge in [-0.15, -0.1) is 0 Å². The van der Waals surface area contributed by atoms with E-state index >= 15 is 0 Å². The minimum absolute atomic E-state index is 0.353. The Labute approximate surface area is 252 Å². The van der Waals surface area contributed by atoms with Crippen LogP contribution in [-0.4, -0.2) is 110 Å². The zero-order valence-electron chi connectivity index (χ0n) is 25.3. The molecular formula is C27H36O17. The van der Waals surface area contributed by atoms with Crippen LogP contribution in [0, 0.1) is 5.92 Å². The van der Waals surface area contributed by atoms with Gasteiger partial charge in [-0.05, 0) is 6.42 Å². The van der Waals surface area contributed by atoms with E-state index in [9.17, 15) is 38.4 Å². The van der Waals surface area contributed by atoms with Gasteiger partial charge < -0.3 is 42.6 Å². The second-order valence-corrected chi connectivity index (χ2v) is 10.0. The molecule has 0 amide bonds. The van der Waals surface area contributed by atoms with Crippen molar-refractivity contribution in [2.24, 2.45) is 5.92 Å². The van der Waals surface area contributed by atoms with E-state index < -0.39 is 116 Å². The van der Waals surface area contributed by atoms with Gasteiger partial charge in [-0.3, -0.25) is 33.6 Å². The highest BCUT2D eigenvalue weighted by Gasteiger charge is 2.56. The molecule has 246 valence electrons. The molecule has 0 aromatic rings. The molecule has 0 N–H and O–H groups in total. The Bertz CT molecular complexity index is 1130. The standard InChI is InChI=1S/C27H36O17/c1-11(28)36-9-20-18(22(38-13(3)30)26(27(35)44-20)42-17(7)34)8-19-23(39-14(4)31)25(41-16(6)33)24(40-15(5)32)21(43-19)10-37-12(2)29/h18-26H,8-10H2,1-7H3/t18-,19-,20-,21-,22+,23+,24+,25-,26+/m1/s1. The van der Waals surface area contributed by atoms with Crippen molar-refractivity contribution in [3.8, 4) is 0 Å². The fraction of sp³-hybridized carbons (Fsp3) is 0.704. The second-order valence-electron chi connectivity index (χ2n) is 10.0. The molecule has 0 aromatic heterocycles. The van der Waals surface area contributed by atoms with Gasteiger partial charge in [0.2, 0.25) is 6.10 Å². The van der Waals surface area contributed by atoms with Gasteiger partial charge in [0.05, 0.1) is 6.10 Å². The summed E-state index contributed by atoms with van der Waals surface area (Å²) in [6, 6.07) is 0. The highest BCUT2D eigenvalue weighted by molar-refractivity contribution is 5.81. The van der Waals surface area contributed by atoms with Crippen LogP contribution in [0.4, 0.5) is 0 Å². The lowest BCUT2D eigenvalue weighted by molar-refractivity contribution is -0.260. The Balaban J connectivity index is 2.67. The number of rotatable bonds is 11. The maximum atomic E-state index is 12.9. The maximum Gasteiger partial charge on any atom is 0.351 e. The quantitative estimate of drug-likeness (QED) is 0.206. The summed E-state index contributed by atoms with van der Waals surface area (Å²) in [5.74, 6) is -8.06. The lowest BCUT2D eigenvalue weighted by Crippen LogP contribution is -2.64. The fourth-order valence-electron chi connectivity index (χ4n) is 4.93. The first-order valence-corrected chi connectivity index (χ1v) is 13.5. The smallest absolute Gasteiger partial charge is 0.351 e. The Morgan fingerprint density at radius 1 is 0.523 bits per heavy atom. The molecule has 17 nitrogen and oxygen atoms in total. The SMILES string of the molecule is CC(=O)OC[C@H]1OC(=O)[C@@H](OC(C)=O)[C@@H](OC(C)=O)[C@@H]1C[C@H]1O[C@H](COC(C)=O)[C@H](OC(C)=O)[C@H](OC(C)=O)[C@H]1OC(C)=O. The number of cyclic esters (lactones) is 1. The Hall–Kier alpha value is -4.28. The molecule has 2 rings (SSSR count). The number of carbonyl (C=O) groups is 8. The van der Waals surface area contributed by atoms with E-state index in [1.165, 1.54) is 0 Å². The number of hydrogen-bond acceptors (Lipinski definition) is 17. The molecule has 0 aliphatic carbocycles. The van der Waals surface area contributed by atoms with Crippen molar-refractivity contribution in [2.75, 3.05) is 13.2 Å². The van der Waals surface area contributed by atoms with E-state index in [2.05, 4.69) is 0 Å². The van der Waals surface area contributed by atoms with Gasteiger partial charge in [0, 0.05) is 54.4 Å². The van der Waals surface area contributed by atoms with Crippen LogP contribution in [0.3, 0.4) is 0 Å². The summed E-state index contributed by atoms with van der Waals surface area (Å²) >= 11 is 0. The Morgan fingerprint density at radius 3 is 1.39 bits per heavy atom. The molecular weight excluding hydrogens is 596 g/mol. The monoisotopic (exact) mass is 632 g/mol.